The highest BCUT2D eigenvalue weighted by molar-refractivity contribution is 8.04. The number of nitrogens with one attached hydrogen (secondary N) is 1. The van der Waals surface area contributed by atoms with Gasteiger partial charge in [-0.15, -0.1) is 0 Å². The van der Waals surface area contributed by atoms with Crippen LogP contribution in [0.3, 0.4) is 0 Å². The monoisotopic (exact) mass is 488 g/mol. The number of ether oxygens (including phenoxy) is 1. The van der Waals surface area contributed by atoms with Gasteiger partial charge in [0.25, 0.3) is 11.8 Å². The van der Waals surface area contributed by atoms with E-state index in [4.69, 9.17) is 4.74 Å². The van der Waals surface area contributed by atoms with E-state index in [1.165, 1.54) is 23.9 Å². The number of rotatable bonds is 6. The summed E-state index contributed by atoms with van der Waals surface area (Å²) in [6, 6.07) is 21.2. The van der Waals surface area contributed by atoms with Crippen molar-refractivity contribution in [3.05, 3.63) is 100 Å². The molecule has 1 saturated heterocycles. The summed E-state index contributed by atoms with van der Waals surface area (Å²) in [4.78, 5) is 29.6. The van der Waals surface area contributed by atoms with Gasteiger partial charge in [0.1, 0.15) is 5.82 Å². The molecular formula is C28H25FN2O3S. The zero-order chi connectivity index (χ0) is 24.2. The second-order valence-electron chi connectivity index (χ2n) is 8.57. The zero-order valence-electron chi connectivity index (χ0n) is 19.1. The van der Waals surface area contributed by atoms with Crippen molar-refractivity contribution in [3.63, 3.8) is 0 Å². The molecule has 1 unspecified atom stereocenters. The minimum absolute atomic E-state index is 0.0503. The van der Waals surface area contributed by atoms with Crippen LogP contribution in [-0.4, -0.2) is 31.1 Å². The first-order valence-corrected chi connectivity index (χ1v) is 12.4. The van der Waals surface area contributed by atoms with Crippen molar-refractivity contribution in [1.29, 1.82) is 0 Å². The predicted octanol–water partition coefficient (Wildman–Crippen LogP) is 5.41. The van der Waals surface area contributed by atoms with Gasteiger partial charge >= 0.3 is 0 Å². The van der Waals surface area contributed by atoms with Crippen molar-refractivity contribution in [2.75, 3.05) is 18.1 Å². The third-order valence-electron chi connectivity index (χ3n) is 6.05. The van der Waals surface area contributed by atoms with E-state index < -0.39 is 0 Å². The van der Waals surface area contributed by atoms with Crippen molar-refractivity contribution in [2.24, 2.45) is 0 Å². The Morgan fingerprint density at radius 3 is 2.66 bits per heavy atom. The molecule has 35 heavy (non-hydrogen) atoms. The number of amides is 2. The van der Waals surface area contributed by atoms with E-state index in [1.807, 2.05) is 42.5 Å². The fourth-order valence-corrected chi connectivity index (χ4v) is 5.23. The molecule has 2 heterocycles. The summed E-state index contributed by atoms with van der Waals surface area (Å²) < 4.78 is 19.1. The maximum atomic E-state index is 13.6. The lowest BCUT2D eigenvalue weighted by Crippen LogP contribution is -2.35. The number of fused-ring (bicyclic) bond motifs is 1. The number of thioether (sulfide) groups is 1. The molecule has 7 heteroatoms. The Bertz CT molecular complexity index is 1250. The van der Waals surface area contributed by atoms with Crippen LogP contribution < -0.4 is 10.2 Å². The van der Waals surface area contributed by atoms with Crippen LogP contribution in [0.1, 0.15) is 34.3 Å². The van der Waals surface area contributed by atoms with E-state index in [0.717, 1.165) is 35.5 Å². The molecule has 0 bridgehead atoms. The third-order valence-corrected chi connectivity index (χ3v) is 7.13. The van der Waals surface area contributed by atoms with E-state index in [0.29, 0.717) is 22.7 Å². The molecule has 0 aromatic heterocycles. The summed E-state index contributed by atoms with van der Waals surface area (Å²) in [7, 11) is 0. The molecular weight excluding hydrogens is 463 g/mol. The second-order valence-corrected chi connectivity index (χ2v) is 9.65. The largest absolute Gasteiger partial charge is 0.376 e. The van der Waals surface area contributed by atoms with Gasteiger partial charge < -0.3 is 15.0 Å². The number of anilines is 1. The minimum atomic E-state index is -0.329. The van der Waals surface area contributed by atoms with Gasteiger partial charge in [0, 0.05) is 23.6 Å². The first kappa shape index (κ1) is 23.3. The van der Waals surface area contributed by atoms with E-state index in [-0.39, 0.29) is 30.3 Å². The Hall–Kier alpha value is -3.42. The molecule has 2 amide bonds. The van der Waals surface area contributed by atoms with Crippen molar-refractivity contribution in [2.45, 2.75) is 30.4 Å². The minimum Gasteiger partial charge on any atom is -0.376 e. The lowest BCUT2D eigenvalue weighted by Gasteiger charge is -2.31. The fraction of sp³-hybridized carbons (Fsp3) is 0.214. The topological polar surface area (TPSA) is 58.6 Å². The van der Waals surface area contributed by atoms with Gasteiger partial charge in [0.2, 0.25) is 0 Å². The molecule has 0 spiro atoms. The number of hydrogen-bond acceptors (Lipinski definition) is 4. The highest BCUT2D eigenvalue weighted by Crippen LogP contribution is 2.43. The summed E-state index contributed by atoms with van der Waals surface area (Å²) in [5.74, 6) is -0.690. The molecule has 1 N–H and O–H groups in total. The zero-order valence-corrected chi connectivity index (χ0v) is 19.9. The lowest BCUT2D eigenvalue weighted by atomic mass is 10.1. The Balaban J connectivity index is 1.45. The second kappa shape index (κ2) is 10.5. The Morgan fingerprint density at radius 2 is 1.91 bits per heavy atom. The Kier molecular flexibility index (Phi) is 6.97. The molecule has 3 aromatic carbocycles. The molecule has 3 aromatic rings. The van der Waals surface area contributed by atoms with Crippen molar-refractivity contribution < 1.29 is 18.7 Å². The average Bonchev–Trinajstić information content (AvgIpc) is 3.40. The SMILES string of the molecule is O=C(NCC1CCCO1)c1ccc2c(c1)N(Cc1ccc(F)cc1)C(=O)C(=Cc1ccccc1)S2. The molecule has 2 aliphatic rings. The number of hydrogen-bond donors (Lipinski definition) is 1. The average molecular weight is 489 g/mol. The van der Waals surface area contributed by atoms with Gasteiger partial charge in [0.05, 0.1) is 23.2 Å². The van der Waals surface area contributed by atoms with E-state index >= 15 is 0 Å². The molecule has 2 aliphatic heterocycles. The van der Waals surface area contributed by atoms with E-state index in [1.54, 1.807) is 29.2 Å². The predicted molar refractivity (Wildman–Crippen MR) is 136 cm³/mol. The maximum absolute atomic E-state index is 13.6. The van der Waals surface area contributed by atoms with Crippen molar-refractivity contribution >= 4 is 35.3 Å². The molecule has 5 rings (SSSR count). The number of benzene rings is 3. The van der Waals surface area contributed by atoms with Crippen LogP contribution in [0.4, 0.5) is 10.1 Å². The molecule has 5 nitrogen and oxygen atoms in total. The quantitative estimate of drug-likeness (QED) is 0.471. The summed E-state index contributed by atoms with van der Waals surface area (Å²) in [5.41, 5.74) is 2.87. The Labute approximate surface area is 208 Å². The normalized spacial score (nSPS) is 18.5. The molecule has 0 saturated carbocycles. The van der Waals surface area contributed by atoms with E-state index in [9.17, 15) is 14.0 Å². The maximum Gasteiger partial charge on any atom is 0.265 e. The van der Waals surface area contributed by atoms with Gasteiger partial charge in [0.15, 0.2) is 0 Å². The van der Waals surface area contributed by atoms with Crippen LogP contribution in [0, 0.1) is 5.82 Å². The van der Waals surface area contributed by atoms with Gasteiger partial charge in [-0.05, 0) is 60.4 Å². The van der Waals surface area contributed by atoms with Crippen LogP contribution in [0.2, 0.25) is 0 Å². The van der Waals surface area contributed by atoms with Gasteiger partial charge in [-0.2, -0.15) is 0 Å². The number of halogens is 1. The number of carbonyl (C=O) groups excluding carboxylic acids is 2. The van der Waals surface area contributed by atoms with Gasteiger partial charge in [-0.1, -0.05) is 54.2 Å². The summed E-state index contributed by atoms with van der Waals surface area (Å²) in [6.07, 6.45) is 3.87. The van der Waals surface area contributed by atoms with Gasteiger partial charge in [-0.3, -0.25) is 9.59 Å². The lowest BCUT2D eigenvalue weighted by molar-refractivity contribution is -0.114. The first-order valence-electron chi connectivity index (χ1n) is 11.6. The molecule has 1 fully saturated rings. The van der Waals surface area contributed by atoms with Crippen LogP contribution in [0.15, 0.2) is 82.6 Å². The highest BCUT2D eigenvalue weighted by atomic mass is 32.2. The van der Waals surface area contributed by atoms with Crippen molar-refractivity contribution in [1.82, 2.24) is 5.32 Å². The molecule has 0 radical (unpaired) electrons. The fourth-order valence-electron chi connectivity index (χ4n) is 4.20. The number of nitrogens with zero attached hydrogens (tertiary/aromatic N) is 1. The third kappa shape index (κ3) is 5.47. The standard InChI is InChI=1S/C28H25FN2O3S/c29-22-11-8-20(9-12-22)18-31-24-16-21(27(32)30-17-23-7-4-14-34-23)10-13-25(24)35-26(28(31)33)15-19-5-2-1-3-6-19/h1-3,5-6,8-13,15-16,23H,4,7,14,17-18H2,(H,30,32). The van der Waals surface area contributed by atoms with Gasteiger partial charge in [-0.25, -0.2) is 4.39 Å². The van der Waals surface area contributed by atoms with E-state index in [2.05, 4.69) is 5.32 Å². The summed E-state index contributed by atoms with van der Waals surface area (Å²) in [6.45, 7) is 1.46. The Morgan fingerprint density at radius 1 is 1.11 bits per heavy atom. The van der Waals surface area contributed by atoms with Crippen LogP contribution in [0.5, 0.6) is 0 Å². The van der Waals surface area contributed by atoms with Crippen LogP contribution >= 0.6 is 11.8 Å². The highest BCUT2D eigenvalue weighted by Gasteiger charge is 2.30. The molecule has 1 atom stereocenters. The summed E-state index contributed by atoms with van der Waals surface area (Å²) >= 11 is 1.39. The first-order chi connectivity index (χ1) is 17.1. The summed E-state index contributed by atoms with van der Waals surface area (Å²) in [5, 5.41) is 2.94. The molecule has 0 aliphatic carbocycles. The van der Waals surface area contributed by atoms with Crippen LogP contribution in [0.25, 0.3) is 6.08 Å². The van der Waals surface area contributed by atoms with Crippen molar-refractivity contribution in [3.8, 4) is 0 Å². The smallest absolute Gasteiger partial charge is 0.265 e. The van der Waals surface area contributed by atoms with Crippen LogP contribution in [-0.2, 0) is 16.1 Å². The number of carbonyl (C=O) groups is 2. The molecule has 178 valence electrons.